The first kappa shape index (κ1) is 12.3. The van der Waals surface area contributed by atoms with E-state index in [1.165, 1.54) is 5.56 Å². The van der Waals surface area contributed by atoms with Gasteiger partial charge in [0.25, 0.3) is 0 Å². The van der Waals surface area contributed by atoms with E-state index in [9.17, 15) is 8.42 Å². The Morgan fingerprint density at radius 1 is 1.40 bits per heavy atom. The predicted molar refractivity (Wildman–Crippen MR) is 61.4 cm³/mol. The van der Waals surface area contributed by atoms with E-state index in [0.29, 0.717) is 6.54 Å². The van der Waals surface area contributed by atoms with Gasteiger partial charge in [0.15, 0.2) is 0 Å². The van der Waals surface area contributed by atoms with Crippen molar-refractivity contribution < 1.29 is 8.42 Å². The van der Waals surface area contributed by atoms with Crippen molar-refractivity contribution in [3.63, 3.8) is 0 Å². The summed E-state index contributed by atoms with van der Waals surface area (Å²) in [6.45, 7) is 6.09. The molecule has 86 valence electrons. The summed E-state index contributed by atoms with van der Waals surface area (Å²) in [5.74, 6) is 0.137. The molecule has 1 rings (SSSR count). The van der Waals surface area contributed by atoms with Gasteiger partial charge in [-0.3, -0.25) is 0 Å². The van der Waals surface area contributed by atoms with Gasteiger partial charge in [0.05, 0.1) is 5.75 Å². The van der Waals surface area contributed by atoms with Crippen LogP contribution in [0.5, 0.6) is 0 Å². The zero-order valence-corrected chi connectivity index (χ0v) is 10.2. The fourth-order valence-electron chi connectivity index (χ4n) is 1.48. The molecule has 2 N–H and O–H groups in total. The van der Waals surface area contributed by atoms with E-state index in [0.717, 1.165) is 17.8 Å². The Morgan fingerprint density at radius 3 is 2.53 bits per heavy atom. The number of sulfonamides is 1. The first-order valence-electron chi connectivity index (χ1n) is 5.07. The Morgan fingerprint density at radius 2 is 2.07 bits per heavy atom. The van der Waals surface area contributed by atoms with E-state index in [1.807, 2.05) is 13.8 Å². The van der Waals surface area contributed by atoms with Crippen LogP contribution in [0.15, 0.2) is 6.07 Å². The SMILES string of the molecule is CCS(=O)(=O)NCCc1cc(C)[nH]c1C. The van der Waals surface area contributed by atoms with Crippen molar-refractivity contribution in [3.8, 4) is 0 Å². The molecule has 0 spiro atoms. The molecule has 0 saturated carbocycles. The quantitative estimate of drug-likeness (QED) is 0.796. The molecule has 0 saturated heterocycles. The van der Waals surface area contributed by atoms with Crippen molar-refractivity contribution in [1.29, 1.82) is 0 Å². The molecule has 1 aromatic rings. The van der Waals surface area contributed by atoms with E-state index < -0.39 is 10.0 Å². The molecule has 15 heavy (non-hydrogen) atoms. The summed E-state index contributed by atoms with van der Waals surface area (Å²) in [6.07, 6.45) is 0.732. The summed E-state index contributed by atoms with van der Waals surface area (Å²) in [5.41, 5.74) is 3.40. The van der Waals surface area contributed by atoms with Crippen molar-refractivity contribution in [2.45, 2.75) is 27.2 Å². The zero-order chi connectivity index (χ0) is 11.5. The lowest BCUT2D eigenvalue weighted by Gasteiger charge is -2.03. The molecule has 0 fully saturated rings. The highest BCUT2D eigenvalue weighted by Crippen LogP contribution is 2.09. The Kier molecular flexibility index (Phi) is 3.93. The number of rotatable bonds is 5. The number of nitrogens with one attached hydrogen (secondary N) is 2. The van der Waals surface area contributed by atoms with Gasteiger partial charge in [0.2, 0.25) is 10.0 Å². The van der Waals surface area contributed by atoms with Gasteiger partial charge < -0.3 is 4.98 Å². The minimum atomic E-state index is -3.06. The fourth-order valence-corrected chi connectivity index (χ4v) is 2.10. The van der Waals surface area contributed by atoms with Crippen LogP contribution in [-0.2, 0) is 16.4 Å². The van der Waals surface area contributed by atoms with Gasteiger partial charge in [0.1, 0.15) is 0 Å². The lowest BCUT2D eigenvalue weighted by molar-refractivity contribution is 0.583. The Hall–Kier alpha value is -0.810. The van der Waals surface area contributed by atoms with Crippen LogP contribution < -0.4 is 4.72 Å². The summed E-state index contributed by atoms with van der Waals surface area (Å²) in [6, 6.07) is 2.05. The van der Waals surface area contributed by atoms with Crippen LogP contribution >= 0.6 is 0 Å². The maximum absolute atomic E-state index is 11.2. The summed E-state index contributed by atoms with van der Waals surface area (Å²) in [7, 11) is -3.06. The first-order valence-corrected chi connectivity index (χ1v) is 6.72. The third-order valence-electron chi connectivity index (χ3n) is 2.35. The molecule has 0 aromatic carbocycles. The van der Waals surface area contributed by atoms with Crippen molar-refractivity contribution in [2.24, 2.45) is 0 Å². The molecule has 0 aliphatic carbocycles. The zero-order valence-electron chi connectivity index (χ0n) is 9.42. The second kappa shape index (κ2) is 4.81. The molecule has 0 aliphatic heterocycles. The summed E-state index contributed by atoms with van der Waals surface area (Å²) in [5, 5.41) is 0. The van der Waals surface area contributed by atoms with Crippen LogP contribution in [0.25, 0.3) is 0 Å². The van der Waals surface area contributed by atoms with E-state index in [1.54, 1.807) is 6.92 Å². The van der Waals surface area contributed by atoms with Crippen LogP contribution in [0.2, 0.25) is 0 Å². The standard InChI is InChI=1S/C10H18N2O2S/c1-4-15(13,14)11-6-5-10-7-8(2)12-9(10)3/h7,11-12H,4-6H2,1-3H3. The lowest BCUT2D eigenvalue weighted by Crippen LogP contribution is -2.27. The van der Waals surface area contributed by atoms with E-state index in [-0.39, 0.29) is 5.75 Å². The topological polar surface area (TPSA) is 62.0 Å². The highest BCUT2D eigenvalue weighted by Gasteiger charge is 2.06. The molecule has 0 radical (unpaired) electrons. The number of aromatic nitrogens is 1. The first-order chi connectivity index (χ1) is 6.94. The molecule has 4 nitrogen and oxygen atoms in total. The lowest BCUT2D eigenvalue weighted by atomic mass is 10.2. The molecule has 0 atom stereocenters. The number of aromatic amines is 1. The normalized spacial score (nSPS) is 11.9. The van der Waals surface area contributed by atoms with E-state index in [4.69, 9.17) is 0 Å². The smallest absolute Gasteiger partial charge is 0.211 e. The maximum Gasteiger partial charge on any atom is 0.211 e. The third kappa shape index (κ3) is 3.68. The molecule has 0 bridgehead atoms. The highest BCUT2D eigenvalue weighted by molar-refractivity contribution is 7.89. The molecular weight excluding hydrogens is 212 g/mol. The molecule has 0 amide bonds. The van der Waals surface area contributed by atoms with Gasteiger partial charge >= 0.3 is 0 Å². The van der Waals surface area contributed by atoms with E-state index >= 15 is 0 Å². The van der Waals surface area contributed by atoms with Gasteiger partial charge in [-0.05, 0) is 38.8 Å². The highest BCUT2D eigenvalue weighted by atomic mass is 32.2. The summed E-state index contributed by atoms with van der Waals surface area (Å²) >= 11 is 0. The largest absolute Gasteiger partial charge is 0.362 e. The van der Waals surface area contributed by atoms with Gasteiger partial charge in [-0.2, -0.15) is 0 Å². The average molecular weight is 230 g/mol. The minimum absolute atomic E-state index is 0.137. The Labute approximate surface area is 91.1 Å². The second-order valence-corrected chi connectivity index (χ2v) is 5.75. The molecule has 0 aliphatic rings. The predicted octanol–water partition coefficient (Wildman–Crippen LogP) is 1.11. The monoisotopic (exact) mass is 230 g/mol. The fraction of sp³-hybridized carbons (Fsp3) is 0.600. The summed E-state index contributed by atoms with van der Waals surface area (Å²) < 4.78 is 24.9. The second-order valence-electron chi connectivity index (χ2n) is 3.65. The summed E-state index contributed by atoms with van der Waals surface area (Å²) in [4.78, 5) is 3.19. The van der Waals surface area contributed by atoms with Crippen molar-refractivity contribution in [3.05, 3.63) is 23.0 Å². The molecule has 1 heterocycles. The Bertz CT molecular complexity index is 421. The Balaban J connectivity index is 2.48. The number of H-pyrrole nitrogens is 1. The third-order valence-corrected chi connectivity index (χ3v) is 3.76. The molecule has 0 unspecified atom stereocenters. The van der Waals surface area contributed by atoms with Crippen LogP contribution in [-0.4, -0.2) is 25.7 Å². The van der Waals surface area contributed by atoms with Gasteiger partial charge in [-0.25, -0.2) is 13.1 Å². The average Bonchev–Trinajstić information content (AvgIpc) is 2.45. The van der Waals surface area contributed by atoms with Gasteiger partial charge in [-0.15, -0.1) is 0 Å². The minimum Gasteiger partial charge on any atom is -0.362 e. The number of aryl methyl sites for hydroxylation is 2. The van der Waals surface area contributed by atoms with Crippen LogP contribution in [0.3, 0.4) is 0 Å². The molecular formula is C10H18N2O2S. The van der Waals surface area contributed by atoms with E-state index in [2.05, 4.69) is 15.8 Å². The number of hydrogen-bond donors (Lipinski definition) is 2. The van der Waals surface area contributed by atoms with Crippen molar-refractivity contribution in [2.75, 3.05) is 12.3 Å². The van der Waals surface area contributed by atoms with Gasteiger partial charge in [0, 0.05) is 17.9 Å². The maximum atomic E-state index is 11.2. The van der Waals surface area contributed by atoms with Crippen LogP contribution in [0.1, 0.15) is 23.9 Å². The molecule has 5 heteroatoms. The molecule has 1 aromatic heterocycles. The van der Waals surface area contributed by atoms with Crippen molar-refractivity contribution in [1.82, 2.24) is 9.71 Å². The van der Waals surface area contributed by atoms with Gasteiger partial charge in [-0.1, -0.05) is 0 Å². The van der Waals surface area contributed by atoms with Crippen LogP contribution in [0, 0.1) is 13.8 Å². The van der Waals surface area contributed by atoms with Crippen molar-refractivity contribution >= 4 is 10.0 Å². The van der Waals surface area contributed by atoms with Crippen LogP contribution in [0.4, 0.5) is 0 Å². The number of hydrogen-bond acceptors (Lipinski definition) is 2.